The van der Waals surface area contributed by atoms with Crippen molar-refractivity contribution in [1.29, 1.82) is 0 Å². The first-order valence-corrected chi connectivity index (χ1v) is 8.90. The first-order chi connectivity index (χ1) is 11.0. The van der Waals surface area contributed by atoms with Gasteiger partial charge in [0.2, 0.25) is 5.91 Å². The topological polar surface area (TPSA) is 58.4 Å². The molecular formula is C17H23N3O2S. The zero-order valence-electron chi connectivity index (χ0n) is 13.9. The monoisotopic (exact) mass is 333 g/mol. The molecule has 0 unspecified atom stereocenters. The quantitative estimate of drug-likeness (QED) is 0.913. The van der Waals surface area contributed by atoms with Crippen molar-refractivity contribution in [1.82, 2.24) is 15.4 Å². The van der Waals surface area contributed by atoms with E-state index in [-0.39, 0.29) is 5.91 Å². The fourth-order valence-electron chi connectivity index (χ4n) is 3.01. The number of nitrogens with zero attached hydrogens (tertiary/aromatic N) is 2. The van der Waals surface area contributed by atoms with Gasteiger partial charge in [-0.2, -0.15) is 0 Å². The zero-order valence-corrected chi connectivity index (χ0v) is 14.7. The standard InChI is InChI=1S/C17H23N3O2S/c1-11(20-6-4-16-14(10-20)5-7-23-16)9-18-17(21)8-15-12(2)19-22-13(15)3/h5,7,11H,4,6,8-10H2,1-3H3,(H,18,21)/t11-/m0/s1. The second kappa shape index (κ2) is 6.84. The molecule has 2 aromatic heterocycles. The Morgan fingerprint density at radius 3 is 3.09 bits per heavy atom. The molecule has 1 aliphatic heterocycles. The number of rotatable bonds is 5. The molecule has 124 valence electrons. The Bertz CT molecular complexity index is 672. The van der Waals surface area contributed by atoms with Crippen LogP contribution < -0.4 is 5.32 Å². The normalized spacial score (nSPS) is 16.1. The molecule has 0 spiro atoms. The Morgan fingerprint density at radius 1 is 1.52 bits per heavy atom. The fourth-order valence-corrected chi connectivity index (χ4v) is 3.90. The molecule has 1 atom stereocenters. The molecule has 3 rings (SSSR count). The van der Waals surface area contributed by atoms with E-state index in [2.05, 4.69) is 33.7 Å². The van der Waals surface area contributed by atoms with Gasteiger partial charge in [-0.3, -0.25) is 9.69 Å². The van der Waals surface area contributed by atoms with Crippen LogP contribution in [-0.2, 0) is 24.2 Å². The van der Waals surface area contributed by atoms with Crippen molar-refractivity contribution in [3.8, 4) is 0 Å². The van der Waals surface area contributed by atoms with Crippen molar-refractivity contribution >= 4 is 17.2 Å². The number of hydrogen-bond acceptors (Lipinski definition) is 5. The van der Waals surface area contributed by atoms with E-state index in [0.717, 1.165) is 36.5 Å². The van der Waals surface area contributed by atoms with Gasteiger partial charge in [-0.05, 0) is 44.2 Å². The number of amides is 1. The number of thiophene rings is 1. The number of nitrogens with one attached hydrogen (secondary N) is 1. The number of aromatic nitrogens is 1. The summed E-state index contributed by atoms with van der Waals surface area (Å²) < 4.78 is 5.11. The van der Waals surface area contributed by atoms with Crippen LogP contribution in [0.15, 0.2) is 16.0 Å². The van der Waals surface area contributed by atoms with Crippen LogP contribution in [0.2, 0.25) is 0 Å². The third-order valence-electron chi connectivity index (χ3n) is 4.57. The van der Waals surface area contributed by atoms with Gasteiger partial charge >= 0.3 is 0 Å². The number of aryl methyl sites for hydroxylation is 2. The van der Waals surface area contributed by atoms with Gasteiger partial charge in [-0.1, -0.05) is 5.16 Å². The number of fused-ring (bicyclic) bond motifs is 1. The number of carbonyl (C=O) groups is 1. The van der Waals surface area contributed by atoms with Crippen LogP contribution in [0.25, 0.3) is 0 Å². The summed E-state index contributed by atoms with van der Waals surface area (Å²) in [6.45, 7) is 8.61. The van der Waals surface area contributed by atoms with Gasteiger partial charge in [0.05, 0.1) is 12.1 Å². The van der Waals surface area contributed by atoms with Crippen molar-refractivity contribution in [3.63, 3.8) is 0 Å². The molecule has 23 heavy (non-hydrogen) atoms. The average molecular weight is 333 g/mol. The van der Waals surface area contributed by atoms with Crippen LogP contribution >= 0.6 is 11.3 Å². The van der Waals surface area contributed by atoms with E-state index >= 15 is 0 Å². The summed E-state index contributed by atoms with van der Waals surface area (Å²) in [5.41, 5.74) is 3.14. The Kier molecular flexibility index (Phi) is 4.82. The molecule has 0 aromatic carbocycles. The second-order valence-corrected chi connectivity index (χ2v) is 7.22. The summed E-state index contributed by atoms with van der Waals surface area (Å²) in [5, 5.41) is 9.11. The van der Waals surface area contributed by atoms with Crippen LogP contribution in [0.5, 0.6) is 0 Å². The smallest absolute Gasteiger partial charge is 0.224 e. The summed E-state index contributed by atoms with van der Waals surface area (Å²) in [6.07, 6.45) is 1.45. The molecule has 0 fully saturated rings. The van der Waals surface area contributed by atoms with Crippen molar-refractivity contribution in [2.75, 3.05) is 13.1 Å². The van der Waals surface area contributed by atoms with E-state index in [1.54, 1.807) is 0 Å². The molecule has 0 saturated carbocycles. The minimum atomic E-state index is 0.0273. The van der Waals surface area contributed by atoms with Gasteiger partial charge in [0.15, 0.2) is 0 Å². The SMILES string of the molecule is Cc1noc(C)c1CC(=O)NC[C@H](C)N1CCc2sccc2C1. The molecule has 0 saturated heterocycles. The highest BCUT2D eigenvalue weighted by Crippen LogP contribution is 2.25. The third-order valence-corrected chi connectivity index (χ3v) is 5.60. The van der Waals surface area contributed by atoms with Gasteiger partial charge in [0, 0.05) is 36.1 Å². The Morgan fingerprint density at radius 2 is 2.35 bits per heavy atom. The molecule has 3 heterocycles. The van der Waals surface area contributed by atoms with Crippen LogP contribution in [0.1, 0.15) is 34.4 Å². The van der Waals surface area contributed by atoms with Crippen LogP contribution in [0.4, 0.5) is 0 Å². The predicted molar refractivity (Wildman–Crippen MR) is 90.6 cm³/mol. The minimum Gasteiger partial charge on any atom is -0.361 e. The van der Waals surface area contributed by atoms with Gasteiger partial charge in [0.1, 0.15) is 5.76 Å². The van der Waals surface area contributed by atoms with Crippen LogP contribution in [0, 0.1) is 13.8 Å². The van der Waals surface area contributed by atoms with Crippen LogP contribution in [-0.4, -0.2) is 35.1 Å². The molecule has 2 aromatic rings. The van der Waals surface area contributed by atoms with Crippen molar-refractivity contribution in [2.45, 2.75) is 46.2 Å². The lowest BCUT2D eigenvalue weighted by atomic mass is 10.1. The molecule has 1 N–H and O–H groups in total. The maximum atomic E-state index is 12.2. The molecular weight excluding hydrogens is 310 g/mol. The molecule has 5 nitrogen and oxygen atoms in total. The van der Waals surface area contributed by atoms with Crippen molar-refractivity contribution in [2.24, 2.45) is 0 Å². The lowest BCUT2D eigenvalue weighted by Gasteiger charge is -2.32. The first-order valence-electron chi connectivity index (χ1n) is 8.02. The van der Waals surface area contributed by atoms with Gasteiger partial charge < -0.3 is 9.84 Å². The molecule has 0 aliphatic carbocycles. The fraction of sp³-hybridized carbons (Fsp3) is 0.529. The largest absolute Gasteiger partial charge is 0.361 e. The summed E-state index contributed by atoms with van der Waals surface area (Å²) in [4.78, 5) is 16.1. The van der Waals surface area contributed by atoms with Gasteiger partial charge in [-0.25, -0.2) is 0 Å². The molecule has 6 heteroatoms. The minimum absolute atomic E-state index is 0.0273. The molecule has 0 bridgehead atoms. The average Bonchev–Trinajstić information content (AvgIpc) is 3.13. The van der Waals surface area contributed by atoms with E-state index in [1.165, 1.54) is 10.4 Å². The van der Waals surface area contributed by atoms with E-state index in [4.69, 9.17) is 4.52 Å². The third kappa shape index (κ3) is 3.64. The lowest BCUT2D eigenvalue weighted by Crippen LogP contribution is -2.44. The Labute approximate surface area is 140 Å². The molecule has 1 amide bonds. The van der Waals surface area contributed by atoms with E-state index in [1.807, 2.05) is 25.2 Å². The summed E-state index contributed by atoms with van der Waals surface area (Å²) in [5.74, 6) is 0.756. The maximum absolute atomic E-state index is 12.2. The zero-order chi connectivity index (χ0) is 16.4. The van der Waals surface area contributed by atoms with Crippen molar-refractivity contribution < 1.29 is 9.32 Å². The summed E-state index contributed by atoms with van der Waals surface area (Å²) >= 11 is 1.85. The van der Waals surface area contributed by atoms with Gasteiger partial charge in [-0.15, -0.1) is 11.3 Å². The highest BCUT2D eigenvalue weighted by Gasteiger charge is 2.22. The van der Waals surface area contributed by atoms with E-state index in [0.29, 0.717) is 19.0 Å². The van der Waals surface area contributed by atoms with Crippen molar-refractivity contribution in [3.05, 3.63) is 38.9 Å². The van der Waals surface area contributed by atoms with E-state index < -0.39 is 0 Å². The van der Waals surface area contributed by atoms with Crippen LogP contribution in [0.3, 0.4) is 0 Å². The highest BCUT2D eigenvalue weighted by molar-refractivity contribution is 7.10. The second-order valence-electron chi connectivity index (χ2n) is 6.22. The molecule has 1 aliphatic rings. The predicted octanol–water partition coefficient (Wildman–Crippen LogP) is 2.46. The summed E-state index contributed by atoms with van der Waals surface area (Å²) in [7, 11) is 0. The Balaban J connectivity index is 1.49. The van der Waals surface area contributed by atoms with Gasteiger partial charge in [0.25, 0.3) is 0 Å². The number of hydrogen-bond donors (Lipinski definition) is 1. The Hall–Kier alpha value is -1.66. The lowest BCUT2D eigenvalue weighted by molar-refractivity contribution is -0.120. The maximum Gasteiger partial charge on any atom is 0.224 e. The van der Waals surface area contributed by atoms with E-state index in [9.17, 15) is 4.79 Å². The molecule has 0 radical (unpaired) electrons. The highest BCUT2D eigenvalue weighted by atomic mass is 32.1. The number of carbonyl (C=O) groups excluding carboxylic acids is 1. The summed E-state index contributed by atoms with van der Waals surface area (Å²) in [6, 6.07) is 2.55. The first kappa shape index (κ1) is 16.2.